The molecule has 1 heterocycles. The molecule has 1 aromatic carbocycles. The van der Waals surface area contributed by atoms with Crippen molar-refractivity contribution in [2.24, 2.45) is 11.7 Å². The number of nitrogens with one attached hydrogen (secondary N) is 1. The monoisotopic (exact) mass is 293 g/mol. The third kappa shape index (κ3) is 4.23. The van der Waals surface area contributed by atoms with Crippen LogP contribution in [0.15, 0.2) is 29.2 Å². The van der Waals surface area contributed by atoms with Crippen LogP contribution in [-0.4, -0.2) is 43.2 Å². The molecule has 0 radical (unpaired) electrons. The van der Waals surface area contributed by atoms with Crippen molar-refractivity contribution in [1.29, 1.82) is 0 Å². The van der Waals surface area contributed by atoms with E-state index >= 15 is 0 Å². The molecule has 3 N–H and O–H groups in total. The maximum atomic E-state index is 12.1. The molecular formula is C15H23N3OS. The molecule has 1 aliphatic rings. The van der Waals surface area contributed by atoms with Crippen LogP contribution in [-0.2, 0) is 4.79 Å². The number of rotatable bonds is 5. The largest absolute Gasteiger partial charge is 0.330 e. The van der Waals surface area contributed by atoms with Crippen molar-refractivity contribution in [2.75, 3.05) is 37.8 Å². The smallest absolute Gasteiger partial charge is 0.238 e. The summed E-state index contributed by atoms with van der Waals surface area (Å²) in [5.41, 5.74) is 6.59. The molecule has 1 fully saturated rings. The van der Waals surface area contributed by atoms with E-state index in [1.54, 1.807) is 11.8 Å². The number of hydrogen-bond acceptors (Lipinski definition) is 4. The highest BCUT2D eigenvalue weighted by Gasteiger charge is 2.19. The zero-order valence-electron chi connectivity index (χ0n) is 12.0. The Hall–Kier alpha value is -1.04. The Morgan fingerprint density at radius 2 is 2.10 bits per heavy atom. The number of carbonyl (C=O) groups is 1. The maximum absolute atomic E-state index is 12.1. The summed E-state index contributed by atoms with van der Waals surface area (Å²) >= 11 is 1.64. The first kappa shape index (κ1) is 15.4. The molecule has 0 bridgehead atoms. The van der Waals surface area contributed by atoms with Crippen molar-refractivity contribution in [3.05, 3.63) is 24.3 Å². The van der Waals surface area contributed by atoms with E-state index in [-0.39, 0.29) is 5.91 Å². The average molecular weight is 293 g/mol. The van der Waals surface area contributed by atoms with Crippen LogP contribution in [0.2, 0.25) is 0 Å². The van der Waals surface area contributed by atoms with E-state index < -0.39 is 0 Å². The Labute approximate surface area is 125 Å². The summed E-state index contributed by atoms with van der Waals surface area (Å²) < 4.78 is 0. The summed E-state index contributed by atoms with van der Waals surface area (Å²) in [4.78, 5) is 15.4. The fourth-order valence-electron chi connectivity index (χ4n) is 2.52. The Kier molecular flexibility index (Phi) is 5.88. The van der Waals surface area contributed by atoms with Gasteiger partial charge in [0.2, 0.25) is 5.91 Å². The summed E-state index contributed by atoms with van der Waals surface area (Å²) in [5, 5.41) is 3.01. The number of hydrogen-bond donors (Lipinski definition) is 2. The van der Waals surface area contributed by atoms with Gasteiger partial charge < -0.3 is 11.1 Å². The minimum absolute atomic E-state index is 0.0673. The van der Waals surface area contributed by atoms with E-state index in [0.717, 1.165) is 43.1 Å². The molecule has 0 spiro atoms. The van der Waals surface area contributed by atoms with Crippen LogP contribution < -0.4 is 11.1 Å². The molecule has 0 unspecified atom stereocenters. The summed E-state index contributed by atoms with van der Waals surface area (Å²) in [7, 11) is 0. The second-order valence-corrected chi connectivity index (χ2v) is 6.05. The molecule has 1 amide bonds. The van der Waals surface area contributed by atoms with E-state index in [1.165, 1.54) is 0 Å². The van der Waals surface area contributed by atoms with Gasteiger partial charge in [0.25, 0.3) is 0 Å². The van der Waals surface area contributed by atoms with Gasteiger partial charge in [0.05, 0.1) is 12.2 Å². The zero-order chi connectivity index (χ0) is 14.4. The number of benzene rings is 1. The highest BCUT2D eigenvalue weighted by Crippen LogP contribution is 2.24. The number of piperidine rings is 1. The van der Waals surface area contributed by atoms with Crippen LogP contribution in [0.3, 0.4) is 0 Å². The van der Waals surface area contributed by atoms with Crippen molar-refractivity contribution in [1.82, 2.24) is 4.90 Å². The van der Waals surface area contributed by atoms with Gasteiger partial charge in [0, 0.05) is 4.90 Å². The van der Waals surface area contributed by atoms with Gasteiger partial charge in [-0.3, -0.25) is 9.69 Å². The van der Waals surface area contributed by atoms with E-state index in [0.29, 0.717) is 12.5 Å². The zero-order valence-corrected chi connectivity index (χ0v) is 12.8. The minimum atomic E-state index is 0.0673. The normalized spacial score (nSPS) is 17.1. The van der Waals surface area contributed by atoms with Crippen molar-refractivity contribution >= 4 is 23.4 Å². The van der Waals surface area contributed by atoms with E-state index in [4.69, 9.17) is 5.73 Å². The van der Waals surface area contributed by atoms with Gasteiger partial charge in [0.1, 0.15) is 0 Å². The van der Waals surface area contributed by atoms with Crippen LogP contribution >= 0.6 is 11.8 Å². The number of nitrogens with zero attached hydrogens (tertiary/aromatic N) is 1. The molecule has 0 aliphatic carbocycles. The Morgan fingerprint density at radius 1 is 1.40 bits per heavy atom. The van der Waals surface area contributed by atoms with E-state index in [1.807, 2.05) is 30.5 Å². The molecule has 110 valence electrons. The lowest BCUT2D eigenvalue weighted by atomic mass is 9.97. The second kappa shape index (κ2) is 7.67. The van der Waals surface area contributed by atoms with Gasteiger partial charge in [-0.1, -0.05) is 12.1 Å². The number of para-hydroxylation sites is 1. The lowest BCUT2D eigenvalue weighted by Crippen LogP contribution is -2.40. The molecule has 1 aliphatic heterocycles. The molecule has 1 aromatic rings. The first-order chi connectivity index (χ1) is 9.72. The number of likely N-dealkylation sites (tertiary alicyclic amines) is 1. The van der Waals surface area contributed by atoms with Crippen LogP contribution in [0.25, 0.3) is 0 Å². The van der Waals surface area contributed by atoms with Gasteiger partial charge in [-0.25, -0.2) is 0 Å². The van der Waals surface area contributed by atoms with Crippen LogP contribution in [0.4, 0.5) is 5.69 Å². The molecule has 5 heteroatoms. The van der Waals surface area contributed by atoms with Gasteiger partial charge >= 0.3 is 0 Å². The van der Waals surface area contributed by atoms with Crippen LogP contribution in [0, 0.1) is 5.92 Å². The highest BCUT2D eigenvalue weighted by molar-refractivity contribution is 7.98. The van der Waals surface area contributed by atoms with Crippen LogP contribution in [0.1, 0.15) is 12.8 Å². The number of thioether (sulfide) groups is 1. The molecule has 1 saturated heterocycles. The fraction of sp³-hybridized carbons (Fsp3) is 0.533. The van der Waals surface area contributed by atoms with Crippen LogP contribution in [0.5, 0.6) is 0 Å². The number of nitrogens with two attached hydrogens (primary N) is 1. The molecule has 0 atom stereocenters. The SMILES string of the molecule is CSc1ccccc1NC(=O)CN1CCC(CN)CC1. The van der Waals surface area contributed by atoms with E-state index in [2.05, 4.69) is 10.2 Å². The predicted octanol–water partition coefficient (Wildman–Crippen LogP) is 2.02. The third-order valence-electron chi connectivity index (χ3n) is 3.79. The Balaban J connectivity index is 1.84. The standard InChI is InChI=1S/C15H23N3OS/c1-20-14-5-3-2-4-13(14)17-15(19)11-18-8-6-12(10-16)7-9-18/h2-5,12H,6-11,16H2,1H3,(H,17,19). The summed E-state index contributed by atoms with van der Waals surface area (Å²) in [6, 6.07) is 7.90. The van der Waals surface area contributed by atoms with Gasteiger partial charge in [-0.05, 0) is 56.8 Å². The minimum Gasteiger partial charge on any atom is -0.330 e. The van der Waals surface area contributed by atoms with Gasteiger partial charge in [-0.15, -0.1) is 11.8 Å². The summed E-state index contributed by atoms with van der Waals surface area (Å²) in [6.07, 6.45) is 4.22. The van der Waals surface area contributed by atoms with Gasteiger partial charge in [-0.2, -0.15) is 0 Å². The first-order valence-corrected chi connectivity index (χ1v) is 8.30. The highest BCUT2D eigenvalue weighted by atomic mass is 32.2. The summed E-state index contributed by atoms with van der Waals surface area (Å²) in [6.45, 7) is 3.18. The Bertz CT molecular complexity index is 444. The Morgan fingerprint density at radius 3 is 2.75 bits per heavy atom. The number of anilines is 1. The van der Waals surface area contributed by atoms with E-state index in [9.17, 15) is 4.79 Å². The lowest BCUT2D eigenvalue weighted by Gasteiger charge is -2.30. The summed E-state index contributed by atoms with van der Waals surface area (Å²) in [5.74, 6) is 0.698. The lowest BCUT2D eigenvalue weighted by molar-refractivity contribution is -0.117. The predicted molar refractivity (Wildman–Crippen MR) is 85.1 cm³/mol. The molecule has 0 saturated carbocycles. The first-order valence-electron chi connectivity index (χ1n) is 7.08. The van der Waals surface area contributed by atoms with Gasteiger partial charge in [0.15, 0.2) is 0 Å². The van der Waals surface area contributed by atoms with Crippen molar-refractivity contribution < 1.29 is 4.79 Å². The third-order valence-corrected chi connectivity index (χ3v) is 4.58. The molecule has 4 nitrogen and oxygen atoms in total. The average Bonchev–Trinajstić information content (AvgIpc) is 2.48. The molecule has 2 rings (SSSR count). The maximum Gasteiger partial charge on any atom is 0.238 e. The number of amides is 1. The number of carbonyl (C=O) groups excluding carboxylic acids is 1. The second-order valence-electron chi connectivity index (χ2n) is 5.20. The molecule has 0 aromatic heterocycles. The quantitative estimate of drug-likeness (QED) is 0.816. The topological polar surface area (TPSA) is 58.4 Å². The fourth-order valence-corrected chi connectivity index (χ4v) is 3.07. The van der Waals surface area contributed by atoms with Crippen molar-refractivity contribution in [2.45, 2.75) is 17.7 Å². The molecular weight excluding hydrogens is 270 g/mol. The van der Waals surface area contributed by atoms with Crippen molar-refractivity contribution in [3.8, 4) is 0 Å². The van der Waals surface area contributed by atoms with Crippen molar-refractivity contribution in [3.63, 3.8) is 0 Å². The molecule has 20 heavy (non-hydrogen) atoms.